The summed E-state index contributed by atoms with van der Waals surface area (Å²) in [5, 5.41) is 8.91. The molecular weight excluding hydrogens is 276 g/mol. The summed E-state index contributed by atoms with van der Waals surface area (Å²) in [5.41, 5.74) is 2.34. The van der Waals surface area contributed by atoms with Crippen molar-refractivity contribution in [2.45, 2.75) is 26.7 Å². The number of carboxylic acid groups (broad SMARTS) is 1. The number of ether oxygens (including phenoxy) is 1. The van der Waals surface area contributed by atoms with Gasteiger partial charge >= 0.3 is 5.97 Å². The summed E-state index contributed by atoms with van der Waals surface area (Å²) in [7, 11) is 0. The van der Waals surface area contributed by atoms with Crippen LogP contribution in [-0.2, 0) is 0 Å². The van der Waals surface area contributed by atoms with Crippen molar-refractivity contribution in [3.05, 3.63) is 54.1 Å². The van der Waals surface area contributed by atoms with Gasteiger partial charge in [-0.15, -0.1) is 0 Å². The lowest BCUT2D eigenvalue weighted by molar-refractivity contribution is 0.0697. The highest BCUT2D eigenvalue weighted by Crippen LogP contribution is 2.23. The highest BCUT2D eigenvalue weighted by molar-refractivity contribution is 5.88. The van der Waals surface area contributed by atoms with Gasteiger partial charge in [0.2, 0.25) is 0 Å². The molecule has 0 aromatic heterocycles. The van der Waals surface area contributed by atoms with Crippen molar-refractivity contribution in [2.24, 2.45) is 5.92 Å². The van der Waals surface area contributed by atoms with Gasteiger partial charge in [-0.2, -0.15) is 0 Å². The predicted molar refractivity (Wildman–Crippen MR) is 88.4 cm³/mol. The van der Waals surface area contributed by atoms with E-state index in [0.29, 0.717) is 11.5 Å². The molecule has 0 saturated carbocycles. The van der Waals surface area contributed by atoms with Crippen LogP contribution >= 0.6 is 0 Å². The fraction of sp³-hybridized carbons (Fsp3) is 0.316. The Morgan fingerprint density at radius 2 is 1.45 bits per heavy atom. The van der Waals surface area contributed by atoms with Crippen LogP contribution in [0, 0.1) is 5.92 Å². The van der Waals surface area contributed by atoms with Crippen LogP contribution in [-0.4, -0.2) is 17.7 Å². The van der Waals surface area contributed by atoms with Gasteiger partial charge in [-0.1, -0.05) is 51.0 Å². The van der Waals surface area contributed by atoms with Gasteiger partial charge in [0, 0.05) is 0 Å². The average molecular weight is 298 g/mol. The molecule has 0 saturated heterocycles. The molecule has 2 aromatic rings. The molecule has 0 heterocycles. The van der Waals surface area contributed by atoms with Crippen LogP contribution in [0.5, 0.6) is 5.75 Å². The van der Waals surface area contributed by atoms with Crippen LogP contribution < -0.4 is 4.74 Å². The van der Waals surface area contributed by atoms with Crippen LogP contribution in [0.2, 0.25) is 0 Å². The van der Waals surface area contributed by atoms with Gasteiger partial charge in [-0.3, -0.25) is 0 Å². The summed E-state index contributed by atoms with van der Waals surface area (Å²) in [6.45, 7) is 5.11. The van der Waals surface area contributed by atoms with E-state index >= 15 is 0 Å². The summed E-state index contributed by atoms with van der Waals surface area (Å²) in [6, 6.07) is 14.8. The van der Waals surface area contributed by atoms with Gasteiger partial charge in [-0.25, -0.2) is 4.79 Å². The van der Waals surface area contributed by atoms with Crippen molar-refractivity contribution in [1.82, 2.24) is 0 Å². The number of carboxylic acids is 1. The Balaban J connectivity index is 2.03. The number of benzene rings is 2. The van der Waals surface area contributed by atoms with E-state index in [0.717, 1.165) is 36.3 Å². The van der Waals surface area contributed by atoms with Crippen LogP contribution in [0.4, 0.5) is 0 Å². The van der Waals surface area contributed by atoms with Crippen LogP contribution in [0.15, 0.2) is 48.5 Å². The standard InChI is InChI=1S/C19H22O3/c1-3-14(4-2)13-22-18-11-9-16(10-12-18)15-5-7-17(8-6-15)19(20)21/h5-12,14H,3-4,13H2,1-2H3,(H,20,21). The number of rotatable bonds is 7. The van der Waals surface area contributed by atoms with Gasteiger partial charge in [0.1, 0.15) is 5.75 Å². The predicted octanol–water partition coefficient (Wildman–Crippen LogP) is 4.87. The molecule has 3 nitrogen and oxygen atoms in total. The molecule has 0 fully saturated rings. The molecular formula is C19H22O3. The molecule has 0 aliphatic rings. The summed E-state index contributed by atoms with van der Waals surface area (Å²) in [4.78, 5) is 10.9. The number of hydrogen-bond donors (Lipinski definition) is 1. The SMILES string of the molecule is CCC(CC)COc1ccc(-c2ccc(C(=O)O)cc2)cc1. The first-order valence-electron chi connectivity index (χ1n) is 7.70. The molecule has 0 aliphatic carbocycles. The highest BCUT2D eigenvalue weighted by Gasteiger charge is 2.06. The maximum atomic E-state index is 10.9. The van der Waals surface area contributed by atoms with E-state index in [4.69, 9.17) is 9.84 Å². The molecule has 2 rings (SSSR count). The smallest absolute Gasteiger partial charge is 0.335 e. The van der Waals surface area contributed by atoms with E-state index in [-0.39, 0.29) is 0 Å². The molecule has 1 N–H and O–H groups in total. The molecule has 116 valence electrons. The quantitative estimate of drug-likeness (QED) is 0.793. The van der Waals surface area contributed by atoms with E-state index in [1.54, 1.807) is 12.1 Å². The van der Waals surface area contributed by atoms with E-state index in [2.05, 4.69) is 13.8 Å². The van der Waals surface area contributed by atoms with Gasteiger partial charge < -0.3 is 9.84 Å². The molecule has 0 atom stereocenters. The second-order valence-corrected chi connectivity index (χ2v) is 5.40. The summed E-state index contributed by atoms with van der Waals surface area (Å²) in [5.74, 6) is 0.567. The first-order valence-corrected chi connectivity index (χ1v) is 7.70. The minimum atomic E-state index is -0.906. The molecule has 0 spiro atoms. The Bertz CT molecular complexity index is 596. The molecule has 3 heteroatoms. The lowest BCUT2D eigenvalue weighted by Crippen LogP contribution is -2.09. The van der Waals surface area contributed by atoms with Gasteiger partial charge in [-0.05, 0) is 41.3 Å². The van der Waals surface area contributed by atoms with Crippen LogP contribution in [0.1, 0.15) is 37.0 Å². The third kappa shape index (κ3) is 4.10. The number of aromatic carboxylic acids is 1. The highest BCUT2D eigenvalue weighted by atomic mass is 16.5. The van der Waals surface area contributed by atoms with E-state index in [1.165, 1.54) is 0 Å². The van der Waals surface area contributed by atoms with Gasteiger partial charge in [0.15, 0.2) is 0 Å². The van der Waals surface area contributed by atoms with Crippen molar-refractivity contribution >= 4 is 5.97 Å². The third-order valence-electron chi connectivity index (χ3n) is 3.96. The monoisotopic (exact) mass is 298 g/mol. The maximum Gasteiger partial charge on any atom is 0.335 e. The molecule has 0 bridgehead atoms. The van der Waals surface area contributed by atoms with E-state index in [1.807, 2.05) is 36.4 Å². The van der Waals surface area contributed by atoms with Crippen molar-refractivity contribution in [2.75, 3.05) is 6.61 Å². The molecule has 2 aromatic carbocycles. The van der Waals surface area contributed by atoms with Gasteiger partial charge in [0.05, 0.1) is 12.2 Å². The second-order valence-electron chi connectivity index (χ2n) is 5.40. The van der Waals surface area contributed by atoms with Crippen molar-refractivity contribution in [3.63, 3.8) is 0 Å². The fourth-order valence-corrected chi connectivity index (χ4v) is 2.29. The first kappa shape index (κ1) is 16.1. The molecule has 0 radical (unpaired) electrons. The molecule has 22 heavy (non-hydrogen) atoms. The van der Waals surface area contributed by atoms with Crippen LogP contribution in [0.3, 0.4) is 0 Å². The van der Waals surface area contributed by atoms with E-state index in [9.17, 15) is 4.79 Å². The Kier molecular flexibility index (Phi) is 5.59. The minimum absolute atomic E-state index is 0.300. The van der Waals surface area contributed by atoms with Crippen molar-refractivity contribution in [3.8, 4) is 16.9 Å². The Morgan fingerprint density at radius 3 is 1.91 bits per heavy atom. The number of carbonyl (C=O) groups is 1. The van der Waals surface area contributed by atoms with E-state index < -0.39 is 5.97 Å². The minimum Gasteiger partial charge on any atom is -0.493 e. The normalized spacial score (nSPS) is 10.7. The van der Waals surface area contributed by atoms with Crippen LogP contribution in [0.25, 0.3) is 11.1 Å². The fourth-order valence-electron chi connectivity index (χ4n) is 2.29. The Morgan fingerprint density at radius 1 is 0.955 bits per heavy atom. The second kappa shape index (κ2) is 7.64. The molecule has 0 aliphatic heterocycles. The Labute approximate surface area is 131 Å². The third-order valence-corrected chi connectivity index (χ3v) is 3.96. The van der Waals surface area contributed by atoms with Crippen molar-refractivity contribution in [1.29, 1.82) is 0 Å². The summed E-state index contributed by atoms with van der Waals surface area (Å²) < 4.78 is 5.81. The van der Waals surface area contributed by atoms with Crippen molar-refractivity contribution < 1.29 is 14.6 Å². The lowest BCUT2D eigenvalue weighted by atomic mass is 10.0. The summed E-state index contributed by atoms with van der Waals surface area (Å²) >= 11 is 0. The maximum absolute atomic E-state index is 10.9. The van der Waals surface area contributed by atoms with Gasteiger partial charge in [0.25, 0.3) is 0 Å². The zero-order valence-corrected chi connectivity index (χ0v) is 13.1. The first-order chi connectivity index (χ1) is 10.6. The molecule has 0 amide bonds. The molecule has 0 unspecified atom stereocenters. The lowest BCUT2D eigenvalue weighted by Gasteiger charge is -2.14. The zero-order valence-electron chi connectivity index (χ0n) is 13.1. The zero-order chi connectivity index (χ0) is 15.9. The number of hydrogen-bond acceptors (Lipinski definition) is 2. The summed E-state index contributed by atoms with van der Waals surface area (Å²) in [6.07, 6.45) is 2.26. The largest absolute Gasteiger partial charge is 0.493 e. The average Bonchev–Trinajstić information content (AvgIpc) is 2.56. The topological polar surface area (TPSA) is 46.5 Å². The Hall–Kier alpha value is -2.29.